The summed E-state index contributed by atoms with van der Waals surface area (Å²) in [5, 5.41) is 2.04. The Hall–Kier alpha value is -2.13. The average molecular weight is 467 g/mol. The van der Waals surface area contributed by atoms with Crippen LogP contribution in [0.4, 0.5) is 0 Å². The van der Waals surface area contributed by atoms with Gasteiger partial charge in [-0.1, -0.05) is 31.5 Å². The van der Waals surface area contributed by atoms with E-state index in [4.69, 9.17) is 16.0 Å². The lowest BCUT2D eigenvalue weighted by atomic mass is 10.2. The number of furan rings is 1. The Labute approximate surface area is 185 Å². The number of hydrogen-bond donors (Lipinski definition) is 0. The Balaban J connectivity index is 1.96. The molecule has 3 aromatic rings. The van der Waals surface area contributed by atoms with Crippen molar-refractivity contribution < 1.29 is 17.6 Å². The van der Waals surface area contributed by atoms with Gasteiger partial charge in [-0.3, -0.25) is 4.79 Å². The lowest BCUT2D eigenvalue weighted by Gasteiger charge is -2.23. The zero-order chi connectivity index (χ0) is 21.7. The summed E-state index contributed by atoms with van der Waals surface area (Å²) in [6.07, 6.45) is 1.56. The minimum atomic E-state index is -3.80. The molecule has 30 heavy (non-hydrogen) atoms. The highest BCUT2D eigenvalue weighted by molar-refractivity contribution is 7.89. The molecule has 1 amide bonds. The van der Waals surface area contributed by atoms with Crippen LogP contribution in [0.15, 0.2) is 63.4 Å². The number of thiophene rings is 1. The first-order chi connectivity index (χ1) is 14.4. The summed E-state index contributed by atoms with van der Waals surface area (Å²) in [6, 6.07) is 11.8. The molecule has 0 bridgehead atoms. The van der Waals surface area contributed by atoms with E-state index in [0.29, 0.717) is 25.4 Å². The van der Waals surface area contributed by atoms with Crippen LogP contribution in [-0.2, 0) is 23.1 Å². The van der Waals surface area contributed by atoms with Gasteiger partial charge in [0, 0.05) is 23.5 Å². The van der Waals surface area contributed by atoms with Crippen LogP contribution < -0.4 is 0 Å². The Morgan fingerprint density at radius 3 is 2.47 bits per heavy atom. The maximum atomic E-state index is 13.3. The van der Waals surface area contributed by atoms with Crippen molar-refractivity contribution in [2.24, 2.45) is 0 Å². The molecule has 0 N–H and O–H groups in total. The van der Waals surface area contributed by atoms with Crippen LogP contribution in [-0.4, -0.2) is 36.6 Å². The number of amides is 1. The SMILES string of the molecule is CCN(CC)S(=O)(=O)c1cc(C(=O)N(Cc2ccco2)Cc2cccs2)ccc1Cl. The lowest BCUT2D eigenvalue weighted by Crippen LogP contribution is -2.32. The topological polar surface area (TPSA) is 70.8 Å². The number of sulfonamides is 1. The van der Waals surface area contributed by atoms with Gasteiger partial charge in [-0.2, -0.15) is 4.31 Å². The molecule has 0 saturated heterocycles. The van der Waals surface area contributed by atoms with Gasteiger partial charge in [0.1, 0.15) is 10.7 Å². The van der Waals surface area contributed by atoms with Crippen LogP contribution in [0.3, 0.4) is 0 Å². The van der Waals surface area contributed by atoms with E-state index >= 15 is 0 Å². The minimum absolute atomic E-state index is 0.0622. The summed E-state index contributed by atoms with van der Waals surface area (Å²) in [5.41, 5.74) is 0.258. The van der Waals surface area contributed by atoms with Crippen LogP contribution in [0.25, 0.3) is 0 Å². The molecule has 0 radical (unpaired) electrons. The van der Waals surface area contributed by atoms with Crippen molar-refractivity contribution in [3.8, 4) is 0 Å². The van der Waals surface area contributed by atoms with Gasteiger partial charge in [-0.15, -0.1) is 11.3 Å². The summed E-state index contributed by atoms with van der Waals surface area (Å²) in [5.74, 6) is 0.345. The average Bonchev–Trinajstić information content (AvgIpc) is 3.42. The van der Waals surface area contributed by atoms with Crippen molar-refractivity contribution in [3.05, 3.63) is 75.3 Å². The second-order valence-corrected chi connectivity index (χ2v) is 9.90. The molecule has 0 aliphatic carbocycles. The highest BCUT2D eigenvalue weighted by Gasteiger charge is 2.27. The number of carbonyl (C=O) groups excluding carboxylic acids is 1. The molecule has 0 saturated carbocycles. The summed E-state index contributed by atoms with van der Waals surface area (Å²) >= 11 is 7.76. The fourth-order valence-corrected chi connectivity index (χ4v) is 5.78. The standard InChI is InChI=1S/C21H23ClN2O4S2/c1-3-24(4-2)30(26,27)20-13-16(9-10-19(20)22)21(25)23(14-17-7-5-11-28-17)15-18-8-6-12-29-18/h5-13H,3-4,14-15H2,1-2H3. The monoisotopic (exact) mass is 466 g/mol. The summed E-state index contributed by atoms with van der Waals surface area (Å²) in [6.45, 7) is 4.81. The van der Waals surface area contributed by atoms with Gasteiger partial charge in [0.15, 0.2) is 0 Å². The van der Waals surface area contributed by atoms with E-state index in [1.807, 2.05) is 17.5 Å². The van der Waals surface area contributed by atoms with E-state index in [0.717, 1.165) is 4.88 Å². The number of rotatable bonds is 9. The molecule has 2 heterocycles. The van der Waals surface area contributed by atoms with Crippen molar-refractivity contribution in [2.45, 2.75) is 31.8 Å². The molecule has 0 aliphatic heterocycles. The second-order valence-electron chi connectivity index (χ2n) is 6.55. The van der Waals surface area contributed by atoms with Gasteiger partial charge in [-0.25, -0.2) is 8.42 Å². The molecule has 0 aliphatic rings. The van der Waals surface area contributed by atoms with Crippen LogP contribution in [0.2, 0.25) is 5.02 Å². The number of carbonyl (C=O) groups is 1. The molecule has 6 nitrogen and oxygen atoms in total. The predicted octanol–water partition coefficient (Wildman–Crippen LogP) is 4.87. The summed E-state index contributed by atoms with van der Waals surface area (Å²) in [4.78, 5) is 15.9. The maximum absolute atomic E-state index is 13.3. The van der Waals surface area contributed by atoms with Crippen LogP contribution in [0.5, 0.6) is 0 Å². The van der Waals surface area contributed by atoms with E-state index in [1.165, 1.54) is 16.4 Å². The van der Waals surface area contributed by atoms with Crippen LogP contribution in [0, 0.1) is 0 Å². The van der Waals surface area contributed by atoms with E-state index in [1.54, 1.807) is 54.5 Å². The van der Waals surface area contributed by atoms with E-state index in [9.17, 15) is 13.2 Å². The lowest BCUT2D eigenvalue weighted by molar-refractivity contribution is 0.0719. The third kappa shape index (κ3) is 4.95. The number of benzene rings is 1. The van der Waals surface area contributed by atoms with Crippen molar-refractivity contribution in [1.82, 2.24) is 9.21 Å². The minimum Gasteiger partial charge on any atom is -0.467 e. The van der Waals surface area contributed by atoms with Gasteiger partial charge in [0.25, 0.3) is 5.91 Å². The molecule has 160 valence electrons. The molecular weight excluding hydrogens is 444 g/mol. The quantitative estimate of drug-likeness (QED) is 0.451. The second kappa shape index (κ2) is 9.78. The fourth-order valence-electron chi connectivity index (χ4n) is 3.10. The fraction of sp³-hybridized carbons (Fsp3) is 0.286. The normalized spacial score (nSPS) is 11.7. The van der Waals surface area contributed by atoms with E-state index < -0.39 is 10.0 Å². The first kappa shape index (κ1) is 22.6. The molecule has 2 aromatic heterocycles. The maximum Gasteiger partial charge on any atom is 0.254 e. The first-order valence-corrected chi connectivity index (χ1v) is 12.2. The number of nitrogens with zero attached hydrogens (tertiary/aromatic N) is 2. The smallest absolute Gasteiger partial charge is 0.254 e. The third-order valence-corrected chi connectivity index (χ3v) is 8.03. The Morgan fingerprint density at radius 2 is 1.87 bits per heavy atom. The van der Waals surface area contributed by atoms with E-state index in [-0.39, 0.29) is 27.9 Å². The summed E-state index contributed by atoms with van der Waals surface area (Å²) in [7, 11) is -3.80. The molecule has 0 unspecified atom stereocenters. The number of halogens is 1. The van der Waals surface area contributed by atoms with Crippen LogP contribution in [0.1, 0.15) is 34.8 Å². The largest absolute Gasteiger partial charge is 0.467 e. The zero-order valence-corrected chi connectivity index (χ0v) is 19.1. The zero-order valence-electron chi connectivity index (χ0n) is 16.7. The molecule has 3 rings (SSSR count). The van der Waals surface area contributed by atoms with Crippen LogP contribution >= 0.6 is 22.9 Å². The van der Waals surface area contributed by atoms with Gasteiger partial charge >= 0.3 is 0 Å². The highest BCUT2D eigenvalue weighted by Crippen LogP contribution is 2.27. The molecule has 1 aromatic carbocycles. The van der Waals surface area contributed by atoms with Crippen molar-refractivity contribution >= 4 is 38.9 Å². The Kier molecular flexibility index (Phi) is 7.36. The Morgan fingerprint density at radius 1 is 1.10 bits per heavy atom. The Bertz CT molecular complexity index is 1040. The molecule has 0 fully saturated rings. The van der Waals surface area contributed by atoms with Crippen molar-refractivity contribution in [1.29, 1.82) is 0 Å². The predicted molar refractivity (Wildman–Crippen MR) is 118 cm³/mol. The third-order valence-electron chi connectivity index (χ3n) is 4.64. The molecular formula is C21H23ClN2O4S2. The number of hydrogen-bond acceptors (Lipinski definition) is 5. The molecule has 9 heteroatoms. The van der Waals surface area contributed by atoms with Gasteiger partial charge in [-0.05, 0) is 41.8 Å². The highest BCUT2D eigenvalue weighted by atomic mass is 35.5. The van der Waals surface area contributed by atoms with E-state index in [2.05, 4.69) is 0 Å². The summed E-state index contributed by atoms with van der Waals surface area (Å²) < 4.78 is 32.7. The van der Waals surface area contributed by atoms with Gasteiger partial charge in [0.2, 0.25) is 10.0 Å². The van der Waals surface area contributed by atoms with Gasteiger partial charge in [0.05, 0.1) is 24.4 Å². The van der Waals surface area contributed by atoms with Gasteiger partial charge < -0.3 is 9.32 Å². The first-order valence-electron chi connectivity index (χ1n) is 9.50. The molecule has 0 spiro atoms. The van der Waals surface area contributed by atoms with Crippen molar-refractivity contribution in [3.63, 3.8) is 0 Å². The van der Waals surface area contributed by atoms with Crippen molar-refractivity contribution in [2.75, 3.05) is 13.1 Å². The molecule has 0 atom stereocenters.